The Morgan fingerprint density at radius 3 is 2.44 bits per heavy atom. The number of carbonyl (C=O) groups is 3. The summed E-state index contributed by atoms with van der Waals surface area (Å²) in [4.78, 5) is 42.9. The Kier molecular flexibility index (Phi) is 13.2. The van der Waals surface area contributed by atoms with Crippen molar-refractivity contribution in [3.05, 3.63) is 34.6 Å². The smallest absolute Gasteiger partial charge is 0.410 e. The van der Waals surface area contributed by atoms with Gasteiger partial charge in [-0.2, -0.15) is 0 Å². The molecule has 2 aromatic rings. The molecule has 0 bridgehead atoms. The number of thioether (sulfide) groups is 1. The SMILES string of the molecule is CC(C)CC(C(=O)c1nnc(SCCN(C)C)o1)N(C=O)C1(NC(=O)Oc2ccc(Br)cc2)CCCCC1.Cl. The summed E-state index contributed by atoms with van der Waals surface area (Å²) in [7, 11) is 3.94. The van der Waals surface area contributed by atoms with E-state index in [1.165, 1.54) is 16.7 Å². The number of Topliss-reactive ketones (excluding diaryl/α,β-unsaturated/α-hetero) is 1. The Labute approximate surface area is 248 Å². The van der Waals surface area contributed by atoms with Gasteiger partial charge in [-0.3, -0.25) is 14.9 Å². The standard InChI is InChI=1S/C26H36BrN5O5S.ClH/c1-18(2)16-21(22(34)23-29-30-25(37-23)38-15-14-31(3)4)32(17-33)26(12-6-5-7-13-26)28-24(35)36-20-10-8-19(27)9-11-20;/h8-11,17-18,21H,5-7,12-16H2,1-4H3,(H,28,35);1H. The molecule has 3 rings (SSSR count). The van der Waals surface area contributed by atoms with Gasteiger partial charge in [0.15, 0.2) is 0 Å². The summed E-state index contributed by atoms with van der Waals surface area (Å²) in [5.74, 6) is 0.601. The van der Waals surface area contributed by atoms with Crippen LogP contribution in [-0.4, -0.2) is 76.4 Å². The number of ether oxygens (including phenoxy) is 1. The molecule has 39 heavy (non-hydrogen) atoms. The van der Waals surface area contributed by atoms with Gasteiger partial charge < -0.3 is 19.0 Å². The zero-order chi connectivity index (χ0) is 27.7. The summed E-state index contributed by atoms with van der Waals surface area (Å²) in [5, 5.41) is 11.3. The molecule has 0 spiro atoms. The van der Waals surface area contributed by atoms with Crippen LogP contribution in [0.2, 0.25) is 0 Å². The second kappa shape index (κ2) is 15.6. The Morgan fingerprint density at radius 2 is 1.85 bits per heavy atom. The number of nitrogens with one attached hydrogen (secondary N) is 1. The molecule has 1 N–H and O–H groups in total. The summed E-state index contributed by atoms with van der Waals surface area (Å²) in [6.45, 7) is 4.76. The molecular weight excluding hydrogens is 610 g/mol. The fourth-order valence-corrected chi connectivity index (χ4v) is 5.63. The van der Waals surface area contributed by atoms with E-state index in [1.54, 1.807) is 24.3 Å². The van der Waals surface area contributed by atoms with E-state index in [0.29, 0.717) is 36.6 Å². The van der Waals surface area contributed by atoms with Gasteiger partial charge in [0.25, 0.3) is 11.1 Å². The van der Waals surface area contributed by atoms with Crippen LogP contribution < -0.4 is 10.1 Å². The first kappa shape index (κ1) is 33.1. The highest BCUT2D eigenvalue weighted by atomic mass is 79.9. The van der Waals surface area contributed by atoms with E-state index in [1.807, 2.05) is 32.8 Å². The zero-order valence-electron chi connectivity index (χ0n) is 22.7. The lowest BCUT2D eigenvalue weighted by Gasteiger charge is -2.47. The maximum absolute atomic E-state index is 13.7. The maximum Gasteiger partial charge on any atom is 0.414 e. The molecule has 0 aliphatic heterocycles. The number of aromatic nitrogens is 2. The van der Waals surface area contributed by atoms with E-state index in [2.05, 4.69) is 31.4 Å². The number of amides is 2. The summed E-state index contributed by atoms with van der Waals surface area (Å²) >= 11 is 4.73. The highest BCUT2D eigenvalue weighted by molar-refractivity contribution is 9.10. The number of halogens is 2. The highest BCUT2D eigenvalue weighted by Gasteiger charge is 2.46. The summed E-state index contributed by atoms with van der Waals surface area (Å²) in [6, 6.07) is 5.99. The number of benzene rings is 1. The van der Waals surface area contributed by atoms with Crippen LogP contribution in [0.3, 0.4) is 0 Å². The van der Waals surface area contributed by atoms with Gasteiger partial charge >= 0.3 is 6.09 Å². The van der Waals surface area contributed by atoms with Gasteiger partial charge in [-0.15, -0.1) is 22.6 Å². The van der Waals surface area contributed by atoms with Crippen molar-refractivity contribution >= 4 is 58.4 Å². The molecule has 10 nitrogen and oxygen atoms in total. The van der Waals surface area contributed by atoms with Crippen molar-refractivity contribution in [2.45, 2.75) is 69.3 Å². The summed E-state index contributed by atoms with van der Waals surface area (Å²) < 4.78 is 12.1. The molecule has 13 heteroatoms. The van der Waals surface area contributed by atoms with Crippen LogP contribution >= 0.6 is 40.1 Å². The highest BCUT2D eigenvalue weighted by Crippen LogP contribution is 2.35. The molecule has 1 aliphatic carbocycles. The molecule has 0 saturated heterocycles. The van der Waals surface area contributed by atoms with Crippen molar-refractivity contribution in [2.24, 2.45) is 5.92 Å². The lowest BCUT2D eigenvalue weighted by atomic mass is 9.85. The Balaban J connectivity index is 0.00000533. The molecule has 1 heterocycles. The van der Waals surface area contributed by atoms with E-state index in [4.69, 9.17) is 9.15 Å². The van der Waals surface area contributed by atoms with E-state index < -0.39 is 23.6 Å². The van der Waals surface area contributed by atoms with Crippen LogP contribution in [-0.2, 0) is 4.79 Å². The zero-order valence-corrected chi connectivity index (χ0v) is 25.9. The van der Waals surface area contributed by atoms with Crippen molar-refractivity contribution in [3.63, 3.8) is 0 Å². The topological polar surface area (TPSA) is 118 Å². The fourth-order valence-electron chi connectivity index (χ4n) is 4.50. The molecule has 1 aromatic carbocycles. The largest absolute Gasteiger partial charge is 0.414 e. The Morgan fingerprint density at radius 1 is 1.18 bits per heavy atom. The van der Waals surface area contributed by atoms with Gasteiger partial charge in [0.05, 0.1) is 0 Å². The second-order valence-corrected chi connectivity index (χ2v) is 12.1. The van der Waals surface area contributed by atoms with E-state index in [9.17, 15) is 14.4 Å². The Hall–Kier alpha value is -2.15. The fraction of sp³-hybridized carbons (Fsp3) is 0.577. The average molecular weight is 647 g/mol. The lowest BCUT2D eigenvalue weighted by Crippen LogP contribution is -2.65. The van der Waals surface area contributed by atoms with Crippen molar-refractivity contribution in [3.8, 4) is 5.75 Å². The normalized spacial score (nSPS) is 15.4. The number of hydrogen-bond donors (Lipinski definition) is 1. The molecule has 2 amide bonds. The third-order valence-electron chi connectivity index (χ3n) is 6.36. The summed E-state index contributed by atoms with van der Waals surface area (Å²) in [6.07, 6.45) is 3.88. The maximum atomic E-state index is 13.7. The molecule has 1 atom stereocenters. The second-order valence-electron chi connectivity index (χ2n) is 10.1. The van der Waals surface area contributed by atoms with E-state index in [0.717, 1.165) is 36.0 Å². The number of nitrogens with zero attached hydrogens (tertiary/aromatic N) is 4. The van der Waals surface area contributed by atoms with Crippen LogP contribution in [0.5, 0.6) is 5.75 Å². The first-order valence-electron chi connectivity index (χ1n) is 12.8. The van der Waals surface area contributed by atoms with Gasteiger partial charge in [0.1, 0.15) is 17.5 Å². The molecule has 1 aromatic heterocycles. The first-order valence-corrected chi connectivity index (χ1v) is 14.6. The third kappa shape index (κ3) is 9.47. The number of rotatable bonds is 13. The van der Waals surface area contributed by atoms with Crippen molar-refractivity contribution in [2.75, 3.05) is 26.4 Å². The quantitative estimate of drug-likeness (QED) is 0.132. The van der Waals surface area contributed by atoms with Crippen molar-refractivity contribution < 1.29 is 23.5 Å². The Bertz CT molecular complexity index is 1080. The first-order chi connectivity index (χ1) is 18.1. The van der Waals surface area contributed by atoms with Gasteiger partial charge in [-0.25, -0.2) is 4.79 Å². The molecule has 0 radical (unpaired) electrons. The molecule has 1 aliphatic rings. The predicted molar refractivity (Wildman–Crippen MR) is 155 cm³/mol. The van der Waals surface area contributed by atoms with Crippen molar-refractivity contribution in [1.82, 2.24) is 25.3 Å². The number of ketones is 1. The minimum Gasteiger partial charge on any atom is -0.410 e. The summed E-state index contributed by atoms with van der Waals surface area (Å²) in [5.41, 5.74) is -1.08. The monoisotopic (exact) mass is 645 g/mol. The van der Waals surface area contributed by atoms with Crippen LogP contribution in [0.15, 0.2) is 38.4 Å². The van der Waals surface area contributed by atoms with E-state index >= 15 is 0 Å². The van der Waals surface area contributed by atoms with Gasteiger partial charge in [0.2, 0.25) is 12.2 Å². The number of carbonyl (C=O) groups excluding carboxylic acids is 3. The van der Waals surface area contributed by atoms with Gasteiger partial charge in [-0.05, 0) is 76.4 Å². The lowest BCUT2D eigenvalue weighted by molar-refractivity contribution is -0.129. The molecule has 1 unspecified atom stereocenters. The van der Waals surface area contributed by atoms with Crippen LogP contribution in [0.4, 0.5) is 4.79 Å². The van der Waals surface area contributed by atoms with E-state index in [-0.39, 0.29) is 24.2 Å². The minimum atomic E-state index is -1.08. The molecule has 1 fully saturated rings. The minimum absolute atomic E-state index is 0. The predicted octanol–water partition coefficient (Wildman–Crippen LogP) is 5.41. The van der Waals surface area contributed by atoms with Gasteiger partial charge in [-0.1, -0.05) is 48.0 Å². The van der Waals surface area contributed by atoms with Crippen LogP contribution in [0, 0.1) is 5.92 Å². The third-order valence-corrected chi connectivity index (χ3v) is 7.69. The number of hydrogen-bond acceptors (Lipinski definition) is 9. The van der Waals surface area contributed by atoms with Crippen molar-refractivity contribution in [1.29, 1.82) is 0 Å². The van der Waals surface area contributed by atoms with Gasteiger partial charge in [0, 0.05) is 16.8 Å². The van der Waals surface area contributed by atoms with Crippen LogP contribution in [0.25, 0.3) is 0 Å². The van der Waals surface area contributed by atoms with Crippen LogP contribution in [0.1, 0.15) is 63.1 Å². The molecular formula is C26H37BrClN5O5S. The molecule has 1 saturated carbocycles. The molecule has 216 valence electrons. The average Bonchev–Trinajstić information content (AvgIpc) is 3.34.